The number of nitrogens with two attached hydrogens (primary N) is 1. The monoisotopic (exact) mass is 320 g/mol. The first-order valence-corrected chi connectivity index (χ1v) is 7.10. The Balaban J connectivity index is 2.01. The lowest BCUT2D eigenvalue weighted by molar-refractivity contribution is -0.115. The van der Waals surface area contributed by atoms with E-state index < -0.39 is 5.84 Å². The summed E-state index contributed by atoms with van der Waals surface area (Å²) in [6.07, 6.45) is 0.277. The summed E-state index contributed by atoms with van der Waals surface area (Å²) in [7, 11) is 0. The molecule has 0 bridgehead atoms. The number of hydrazone groups is 1. The van der Waals surface area contributed by atoms with Gasteiger partial charge in [0.1, 0.15) is 6.07 Å². The van der Waals surface area contributed by atoms with Gasteiger partial charge in [0.2, 0.25) is 11.6 Å². The Labute approximate surface area is 139 Å². The molecule has 0 saturated carbocycles. The topological polar surface area (TPSA) is 127 Å². The maximum absolute atomic E-state index is 12.0. The molecule has 0 unspecified atom stereocenters. The van der Waals surface area contributed by atoms with E-state index in [-0.39, 0.29) is 18.0 Å². The van der Waals surface area contributed by atoms with E-state index in [1.807, 2.05) is 30.3 Å². The van der Waals surface area contributed by atoms with E-state index in [0.29, 0.717) is 11.4 Å². The zero-order valence-corrected chi connectivity index (χ0v) is 12.8. The molecule has 1 amide bonds. The van der Waals surface area contributed by atoms with Gasteiger partial charge in [0, 0.05) is 5.69 Å². The van der Waals surface area contributed by atoms with E-state index in [1.165, 1.54) is 0 Å². The zero-order valence-electron chi connectivity index (χ0n) is 12.8. The highest BCUT2D eigenvalue weighted by molar-refractivity contribution is 6.45. The quantitative estimate of drug-likeness (QED) is 0.369. The van der Waals surface area contributed by atoms with Crippen LogP contribution < -0.4 is 16.5 Å². The van der Waals surface area contributed by atoms with Crippen LogP contribution in [0.3, 0.4) is 0 Å². The lowest BCUT2D eigenvalue weighted by Gasteiger charge is -2.07. The normalized spacial score (nSPS) is 10.5. The lowest BCUT2D eigenvalue weighted by atomic mass is 10.1. The summed E-state index contributed by atoms with van der Waals surface area (Å²) in [5.41, 5.74) is 9.71. The van der Waals surface area contributed by atoms with Crippen LogP contribution in [0.25, 0.3) is 0 Å². The molecule has 0 radical (unpaired) electrons. The highest BCUT2D eigenvalue weighted by atomic mass is 16.1. The van der Waals surface area contributed by atoms with Crippen LogP contribution in [0.2, 0.25) is 0 Å². The molecule has 7 heteroatoms. The predicted molar refractivity (Wildman–Crippen MR) is 93.8 cm³/mol. The summed E-state index contributed by atoms with van der Waals surface area (Å²) >= 11 is 0. The lowest BCUT2D eigenvalue weighted by Crippen LogP contribution is -2.21. The number of hydrogen-bond donors (Lipinski definition) is 4. The fraction of sp³-hybridized carbons (Fsp3) is 0.0588. The van der Waals surface area contributed by atoms with Gasteiger partial charge in [-0.05, 0) is 23.8 Å². The second-order valence-electron chi connectivity index (χ2n) is 4.89. The molecular formula is C17H16N6O. The van der Waals surface area contributed by atoms with Crippen molar-refractivity contribution in [1.29, 1.82) is 10.7 Å². The van der Waals surface area contributed by atoms with Crippen molar-refractivity contribution >= 4 is 28.8 Å². The molecule has 5 N–H and O–H groups in total. The standard InChI is InChI=1S/C17H16N6O/c18-11-15(17(19)20)23-22-14-8-4-7-13(10-14)21-16(24)9-12-5-2-1-3-6-12/h1-8,10,22H,9H2,(H3,19,20)(H,21,24)/b23-15+. The van der Waals surface area contributed by atoms with Crippen molar-refractivity contribution in [3.8, 4) is 6.07 Å². The molecule has 7 nitrogen and oxygen atoms in total. The maximum Gasteiger partial charge on any atom is 0.228 e. The Morgan fingerprint density at radius 1 is 1.17 bits per heavy atom. The van der Waals surface area contributed by atoms with Crippen LogP contribution in [0.4, 0.5) is 11.4 Å². The highest BCUT2D eigenvalue weighted by Crippen LogP contribution is 2.15. The second kappa shape index (κ2) is 8.10. The van der Waals surface area contributed by atoms with Crippen LogP contribution in [0.5, 0.6) is 0 Å². The van der Waals surface area contributed by atoms with Gasteiger partial charge in [0.05, 0.1) is 12.1 Å². The number of anilines is 2. The number of amides is 1. The first-order valence-electron chi connectivity index (χ1n) is 7.10. The third-order valence-electron chi connectivity index (χ3n) is 3.01. The molecule has 0 aliphatic rings. The number of rotatable bonds is 6. The van der Waals surface area contributed by atoms with Crippen LogP contribution in [0.15, 0.2) is 59.7 Å². The van der Waals surface area contributed by atoms with Gasteiger partial charge in [0.15, 0.2) is 5.84 Å². The molecule has 0 aliphatic carbocycles. The van der Waals surface area contributed by atoms with Gasteiger partial charge in [-0.25, -0.2) is 0 Å². The summed E-state index contributed by atoms with van der Waals surface area (Å²) in [5.74, 6) is -0.555. The number of nitrogens with one attached hydrogen (secondary N) is 3. The molecule has 0 heterocycles. The van der Waals surface area contributed by atoms with Crippen molar-refractivity contribution in [3.63, 3.8) is 0 Å². The van der Waals surface area contributed by atoms with Gasteiger partial charge < -0.3 is 11.1 Å². The Morgan fingerprint density at radius 3 is 2.54 bits per heavy atom. The first kappa shape index (κ1) is 16.7. The van der Waals surface area contributed by atoms with Crippen LogP contribution in [-0.2, 0) is 11.2 Å². The number of carbonyl (C=O) groups excluding carboxylic acids is 1. The maximum atomic E-state index is 12.0. The largest absolute Gasteiger partial charge is 0.382 e. The van der Waals surface area contributed by atoms with Crippen LogP contribution in [-0.4, -0.2) is 17.5 Å². The summed E-state index contributed by atoms with van der Waals surface area (Å²) in [6.45, 7) is 0. The van der Waals surface area contributed by atoms with Crippen molar-refractivity contribution in [1.82, 2.24) is 0 Å². The number of carbonyl (C=O) groups is 1. The average Bonchev–Trinajstić information content (AvgIpc) is 2.56. The molecule has 0 aromatic heterocycles. The number of nitrogens with zero attached hydrogens (tertiary/aromatic N) is 2. The zero-order chi connectivity index (χ0) is 17.4. The Bertz CT molecular complexity index is 807. The number of amidine groups is 1. The van der Waals surface area contributed by atoms with E-state index >= 15 is 0 Å². The van der Waals surface area contributed by atoms with E-state index in [9.17, 15) is 4.79 Å². The van der Waals surface area contributed by atoms with Gasteiger partial charge in [-0.3, -0.25) is 15.6 Å². The van der Waals surface area contributed by atoms with E-state index in [4.69, 9.17) is 16.4 Å². The Kier molecular flexibility index (Phi) is 5.64. The molecule has 0 fully saturated rings. The summed E-state index contributed by atoms with van der Waals surface area (Å²) < 4.78 is 0. The van der Waals surface area contributed by atoms with E-state index in [1.54, 1.807) is 30.3 Å². The minimum Gasteiger partial charge on any atom is -0.382 e. The molecule has 0 aliphatic heterocycles. The third kappa shape index (κ3) is 4.96. The molecule has 120 valence electrons. The summed E-state index contributed by atoms with van der Waals surface area (Å²) in [4.78, 5) is 12.0. The van der Waals surface area contributed by atoms with Gasteiger partial charge in [0.25, 0.3) is 0 Å². The SMILES string of the molecule is N#C/C(=N\Nc1cccc(NC(=O)Cc2ccccc2)c1)C(=N)N. The van der Waals surface area contributed by atoms with E-state index in [2.05, 4.69) is 15.8 Å². The summed E-state index contributed by atoms with van der Waals surface area (Å²) in [5, 5.41) is 22.5. The molecular weight excluding hydrogens is 304 g/mol. The molecule has 0 saturated heterocycles. The summed E-state index contributed by atoms with van der Waals surface area (Å²) in [6, 6.07) is 18.0. The molecule has 2 rings (SSSR count). The molecule has 2 aromatic rings. The molecule has 0 spiro atoms. The molecule has 2 aromatic carbocycles. The van der Waals surface area contributed by atoms with E-state index in [0.717, 1.165) is 5.56 Å². The minimum atomic E-state index is -0.419. The first-order chi connectivity index (χ1) is 11.6. The van der Waals surface area contributed by atoms with Gasteiger partial charge in [-0.15, -0.1) is 0 Å². The fourth-order valence-electron chi connectivity index (χ4n) is 1.92. The Morgan fingerprint density at radius 2 is 1.88 bits per heavy atom. The Hall–Kier alpha value is -3.66. The van der Waals surface area contributed by atoms with Crippen molar-refractivity contribution < 1.29 is 4.79 Å². The van der Waals surface area contributed by atoms with Crippen molar-refractivity contribution in [2.75, 3.05) is 10.7 Å². The van der Waals surface area contributed by atoms with Gasteiger partial charge in [-0.1, -0.05) is 36.4 Å². The molecule has 24 heavy (non-hydrogen) atoms. The smallest absolute Gasteiger partial charge is 0.228 e. The third-order valence-corrected chi connectivity index (χ3v) is 3.01. The van der Waals surface area contributed by atoms with Crippen molar-refractivity contribution in [3.05, 3.63) is 60.2 Å². The number of hydrogen-bond acceptors (Lipinski definition) is 5. The molecule has 0 atom stereocenters. The number of benzene rings is 2. The number of nitriles is 1. The second-order valence-corrected chi connectivity index (χ2v) is 4.89. The van der Waals surface area contributed by atoms with Gasteiger partial charge >= 0.3 is 0 Å². The van der Waals surface area contributed by atoms with Crippen LogP contribution in [0.1, 0.15) is 5.56 Å². The van der Waals surface area contributed by atoms with Crippen LogP contribution >= 0.6 is 0 Å². The van der Waals surface area contributed by atoms with Gasteiger partial charge in [-0.2, -0.15) is 10.4 Å². The van der Waals surface area contributed by atoms with Crippen molar-refractivity contribution in [2.24, 2.45) is 10.8 Å². The van der Waals surface area contributed by atoms with Crippen LogP contribution in [0, 0.1) is 16.7 Å². The fourth-order valence-corrected chi connectivity index (χ4v) is 1.92. The van der Waals surface area contributed by atoms with Crippen molar-refractivity contribution in [2.45, 2.75) is 6.42 Å². The minimum absolute atomic E-state index is 0.136. The average molecular weight is 320 g/mol. The highest BCUT2D eigenvalue weighted by Gasteiger charge is 2.05. The predicted octanol–water partition coefficient (Wildman–Crippen LogP) is 2.10.